The molecule has 0 atom stereocenters. The first-order valence-corrected chi connectivity index (χ1v) is 10.9. The Morgan fingerprint density at radius 1 is 1.09 bits per heavy atom. The van der Waals surface area contributed by atoms with Crippen LogP contribution in [-0.2, 0) is 22.6 Å². The minimum atomic E-state index is -0.803. The number of ether oxygens (including phenoxy) is 2. The van der Waals surface area contributed by atoms with Gasteiger partial charge in [0.2, 0.25) is 5.62 Å². The van der Waals surface area contributed by atoms with Crippen LogP contribution in [-0.4, -0.2) is 33.5 Å². The first-order chi connectivity index (χ1) is 16.2. The second-order valence-corrected chi connectivity index (χ2v) is 7.86. The second kappa shape index (κ2) is 10.9. The summed E-state index contributed by atoms with van der Waals surface area (Å²) in [5.41, 5.74) is 0.544. The number of hydrogen-bond donors (Lipinski definition) is 1. The van der Waals surface area contributed by atoms with Gasteiger partial charge >= 0.3 is 17.3 Å². The Balaban J connectivity index is 2.21. The molecule has 0 saturated heterocycles. The van der Waals surface area contributed by atoms with Crippen LogP contribution in [0.4, 0.5) is 5.69 Å². The molecule has 34 heavy (non-hydrogen) atoms. The normalized spacial score (nSPS) is 11.5. The van der Waals surface area contributed by atoms with Gasteiger partial charge in [-0.25, -0.2) is 19.1 Å². The Kier molecular flexibility index (Phi) is 7.95. The molecule has 0 aliphatic rings. The molecule has 180 valence electrons. The van der Waals surface area contributed by atoms with E-state index in [2.05, 4.69) is 9.73 Å². The summed E-state index contributed by atoms with van der Waals surface area (Å²) in [6.45, 7) is 4.15. The summed E-state index contributed by atoms with van der Waals surface area (Å²) in [6.07, 6.45) is -0.166. The van der Waals surface area contributed by atoms with Gasteiger partial charge < -0.3 is 15.3 Å². The number of carbonyl (C=O) groups is 1. The lowest BCUT2D eigenvalue weighted by atomic mass is 10.2. The quantitative estimate of drug-likeness (QED) is 0.381. The standard InChI is InChI=1S/C23H26ClN5O5/c1-4-34-19-10-9-18(13-15(19)2)26-21-28(14-16-5-7-17(24)8-6-16)22(31)27(23(32)29(21)25)12-11-20(30)33-3/h5-10,13H,4,11-12,14,25H2,1-3H3. The Morgan fingerprint density at radius 2 is 1.79 bits per heavy atom. The summed E-state index contributed by atoms with van der Waals surface area (Å²) >= 11 is 5.98. The van der Waals surface area contributed by atoms with Crippen LogP contribution >= 0.6 is 11.6 Å². The maximum atomic E-state index is 13.3. The Bertz CT molecular complexity index is 1370. The van der Waals surface area contributed by atoms with E-state index >= 15 is 0 Å². The molecule has 0 aliphatic carbocycles. The van der Waals surface area contributed by atoms with Gasteiger partial charge in [0.05, 0.1) is 32.4 Å². The van der Waals surface area contributed by atoms with Crippen molar-refractivity contribution in [3.05, 3.63) is 85.2 Å². The highest BCUT2D eigenvalue weighted by Gasteiger charge is 2.15. The lowest BCUT2D eigenvalue weighted by molar-refractivity contribution is -0.140. The number of benzene rings is 2. The SMILES string of the molecule is CCOc1ccc(N=c2n(N)c(=O)n(CCC(=O)OC)c(=O)n2Cc2ccc(Cl)cc2)cc1C. The predicted octanol–water partition coefficient (Wildman–Crippen LogP) is 1.73. The zero-order valence-electron chi connectivity index (χ0n) is 19.2. The van der Waals surface area contributed by atoms with Crippen molar-refractivity contribution in [1.29, 1.82) is 0 Å². The molecule has 0 aliphatic heterocycles. The molecular weight excluding hydrogens is 462 g/mol. The molecule has 3 rings (SSSR count). The molecule has 10 nitrogen and oxygen atoms in total. The number of aromatic nitrogens is 3. The van der Waals surface area contributed by atoms with Gasteiger partial charge in [-0.1, -0.05) is 23.7 Å². The van der Waals surface area contributed by atoms with Crippen molar-refractivity contribution in [2.45, 2.75) is 33.4 Å². The van der Waals surface area contributed by atoms with Crippen LogP contribution in [0, 0.1) is 6.92 Å². The van der Waals surface area contributed by atoms with Crippen molar-refractivity contribution in [1.82, 2.24) is 13.8 Å². The average Bonchev–Trinajstić information content (AvgIpc) is 2.82. The van der Waals surface area contributed by atoms with Gasteiger partial charge in [0.1, 0.15) is 5.75 Å². The molecule has 2 aromatic carbocycles. The van der Waals surface area contributed by atoms with Crippen LogP contribution in [0.25, 0.3) is 0 Å². The van der Waals surface area contributed by atoms with E-state index in [-0.39, 0.29) is 25.1 Å². The molecule has 0 saturated carbocycles. The summed E-state index contributed by atoms with van der Waals surface area (Å²) in [5, 5.41) is 0.544. The fourth-order valence-electron chi connectivity index (χ4n) is 3.32. The number of aryl methyl sites for hydroxylation is 1. The molecule has 0 radical (unpaired) electrons. The first kappa shape index (κ1) is 24.8. The number of methoxy groups -OCH3 is 1. The van der Waals surface area contributed by atoms with Gasteiger partial charge in [-0.2, -0.15) is 4.68 Å². The van der Waals surface area contributed by atoms with E-state index in [1.165, 1.54) is 11.7 Å². The van der Waals surface area contributed by atoms with Crippen LogP contribution < -0.4 is 27.6 Å². The second-order valence-electron chi connectivity index (χ2n) is 7.42. The van der Waals surface area contributed by atoms with Crippen LogP contribution in [0.2, 0.25) is 5.02 Å². The van der Waals surface area contributed by atoms with Crippen molar-refractivity contribution in [3.63, 3.8) is 0 Å². The number of nitrogens with two attached hydrogens (primary N) is 1. The molecule has 11 heteroatoms. The third-order valence-electron chi connectivity index (χ3n) is 5.06. The third-order valence-corrected chi connectivity index (χ3v) is 5.32. The Hall–Kier alpha value is -3.79. The number of nitrogen functional groups attached to an aromatic ring is 1. The molecule has 0 spiro atoms. The van der Waals surface area contributed by atoms with Gasteiger partial charge in [0.15, 0.2) is 0 Å². The highest BCUT2D eigenvalue weighted by molar-refractivity contribution is 6.30. The van der Waals surface area contributed by atoms with Crippen LogP contribution in [0.1, 0.15) is 24.5 Å². The molecule has 1 aromatic heterocycles. The molecule has 0 amide bonds. The van der Waals surface area contributed by atoms with Gasteiger partial charge in [-0.05, 0) is 55.3 Å². The van der Waals surface area contributed by atoms with Crippen LogP contribution in [0.3, 0.4) is 0 Å². The van der Waals surface area contributed by atoms with Crippen molar-refractivity contribution < 1.29 is 14.3 Å². The number of rotatable bonds is 8. The molecule has 3 aromatic rings. The van der Waals surface area contributed by atoms with Gasteiger partial charge in [0, 0.05) is 11.6 Å². The van der Waals surface area contributed by atoms with Gasteiger partial charge in [-0.15, -0.1) is 0 Å². The first-order valence-electron chi connectivity index (χ1n) is 10.6. The molecular formula is C23H26ClN5O5. The zero-order chi connectivity index (χ0) is 24.8. The largest absolute Gasteiger partial charge is 0.494 e. The topological polar surface area (TPSA) is 123 Å². The number of carbonyl (C=O) groups excluding carboxylic acids is 1. The van der Waals surface area contributed by atoms with Crippen molar-refractivity contribution in [3.8, 4) is 5.75 Å². The van der Waals surface area contributed by atoms with E-state index in [1.807, 2.05) is 13.8 Å². The summed E-state index contributed by atoms with van der Waals surface area (Å²) in [7, 11) is 1.23. The fourth-order valence-corrected chi connectivity index (χ4v) is 3.44. The summed E-state index contributed by atoms with van der Waals surface area (Å²) in [4.78, 5) is 42.3. The number of nitrogens with zero attached hydrogens (tertiary/aromatic N) is 4. The Labute approximate surface area is 200 Å². The number of halogens is 1. The van der Waals surface area contributed by atoms with Crippen molar-refractivity contribution >= 4 is 23.3 Å². The smallest absolute Gasteiger partial charge is 0.353 e. The average molecular weight is 488 g/mol. The predicted molar refractivity (Wildman–Crippen MR) is 128 cm³/mol. The Morgan fingerprint density at radius 3 is 2.41 bits per heavy atom. The lowest BCUT2D eigenvalue weighted by Gasteiger charge is -2.14. The zero-order valence-corrected chi connectivity index (χ0v) is 19.9. The minimum Gasteiger partial charge on any atom is -0.494 e. The molecule has 0 unspecified atom stereocenters. The van der Waals surface area contributed by atoms with Crippen LogP contribution in [0.5, 0.6) is 5.75 Å². The number of hydrogen-bond acceptors (Lipinski definition) is 7. The maximum Gasteiger partial charge on any atom is 0.353 e. The summed E-state index contributed by atoms with van der Waals surface area (Å²) in [6, 6.07) is 12.1. The minimum absolute atomic E-state index is 0.0529. The highest BCUT2D eigenvalue weighted by atomic mass is 35.5. The van der Waals surface area contributed by atoms with Crippen molar-refractivity contribution in [2.24, 2.45) is 4.99 Å². The van der Waals surface area contributed by atoms with E-state index in [4.69, 9.17) is 22.2 Å². The van der Waals surface area contributed by atoms with E-state index in [0.29, 0.717) is 23.1 Å². The third kappa shape index (κ3) is 5.57. The highest BCUT2D eigenvalue weighted by Crippen LogP contribution is 2.23. The van der Waals surface area contributed by atoms with Crippen LogP contribution in [0.15, 0.2) is 57.0 Å². The maximum absolute atomic E-state index is 13.3. The summed E-state index contributed by atoms with van der Waals surface area (Å²) < 4.78 is 13.1. The van der Waals surface area contributed by atoms with E-state index < -0.39 is 17.3 Å². The molecule has 0 fully saturated rings. The monoisotopic (exact) mass is 487 g/mol. The molecule has 1 heterocycles. The van der Waals surface area contributed by atoms with Gasteiger partial charge in [-0.3, -0.25) is 9.36 Å². The van der Waals surface area contributed by atoms with E-state index in [0.717, 1.165) is 20.4 Å². The summed E-state index contributed by atoms with van der Waals surface area (Å²) in [5.74, 6) is 6.25. The van der Waals surface area contributed by atoms with Gasteiger partial charge in [0.25, 0.3) is 0 Å². The number of esters is 1. The van der Waals surface area contributed by atoms with Crippen molar-refractivity contribution in [2.75, 3.05) is 19.6 Å². The van der Waals surface area contributed by atoms with E-state index in [9.17, 15) is 14.4 Å². The van der Waals surface area contributed by atoms with E-state index in [1.54, 1.807) is 42.5 Å². The molecule has 0 bridgehead atoms. The fraction of sp³-hybridized carbons (Fsp3) is 0.304. The lowest BCUT2D eigenvalue weighted by Crippen LogP contribution is -2.57. The molecule has 2 N–H and O–H groups in total.